The van der Waals surface area contributed by atoms with Gasteiger partial charge in [0.05, 0.1) is 13.0 Å². The van der Waals surface area contributed by atoms with Crippen LogP contribution in [-0.4, -0.2) is 23.6 Å². The summed E-state index contributed by atoms with van der Waals surface area (Å²) in [6, 6.07) is 13.2. The lowest BCUT2D eigenvalue weighted by molar-refractivity contribution is -0.115. The molecule has 0 aliphatic rings. The molecule has 0 bridgehead atoms. The summed E-state index contributed by atoms with van der Waals surface area (Å²) < 4.78 is 4.89. The minimum Gasteiger partial charge on any atom is -0.450 e. The van der Waals surface area contributed by atoms with Gasteiger partial charge < -0.3 is 15.0 Å². The van der Waals surface area contributed by atoms with E-state index >= 15 is 0 Å². The highest BCUT2D eigenvalue weighted by molar-refractivity contribution is 5.97. The summed E-state index contributed by atoms with van der Waals surface area (Å²) in [6.45, 7) is 3.88. The highest BCUT2D eigenvalue weighted by atomic mass is 16.5. The molecule has 3 aromatic rings. The van der Waals surface area contributed by atoms with Crippen molar-refractivity contribution >= 4 is 34.3 Å². The van der Waals surface area contributed by atoms with Crippen LogP contribution in [0.25, 0.3) is 10.9 Å². The molecule has 3 N–H and O–H groups in total. The lowest BCUT2D eigenvalue weighted by atomic mass is 10.1. The van der Waals surface area contributed by atoms with Crippen LogP contribution in [0.4, 0.5) is 16.2 Å². The van der Waals surface area contributed by atoms with Crippen LogP contribution < -0.4 is 10.6 Å². The van der Waals surface area contributed by atoms with Gasteiger partial charge in [-0.05, 0) is 43.2 Å². The van der Waals surface area contributed by atoms with Gasteiger partial charge in [-0.25, -0.2) is 4.79 Å². The van der Waals surface area contributed by atoms with E-state index < -0.39 is 6.09 Å². The number of carbonyl (C=O) groups excluding carboxylic acids is 2. The number of nitrogens with one attached hydrogen (secondary N) is 3. The maximum absolute atomic E-state index is 12.5. The lowest BCUT2D eigenvalue weighted by Gasteiger charge is -2.13. The number of para-hydroxylation sites is 1. The smallest absolute Gasteiger partial charge is 0.411 e. The van der Waals surface area contributed by atoms with Crippen LogP contribution in [-0.2, 0) is 16.0 Å². The number of ether oxygens (including phenoxy) is 1. The Morgan fingerprint density at radius 2 is 1.77 bits per heavy atom. The zero-order valence-corrected chi connectivity index (χ0v) is 14.8. The molecule has 0 aliphatic heterocycles. The first-order valence-corrected chi connectivity index (χ1v) is 8.46. The normalized spacial score (nSPS) is 10.5. The average Bonchev–Trinajstić information content (AvgIpc) is 3.02. The average molecular weight is 351 g/mol. The largest absolute Gasteiger partial charge is 0.450 e. The Labute approximate surface area is 151 Å². The number of hydrogen-bond acceptors (Lipinski definition) is 3. The van der Waals surface area contributed by atoms with Gasteiger partial charge in [0.25, 0.3) is 0 Å². The molecular weight excluding hydrogens is 330 g/mol. The van der Waals surface area contributed by atoms with Crippen molar-refractivity contribution in [2.75, 3.05) is 17.2 Å². The van der Waals surface area contributed by atoms with Gasteiger partial charge in [0.1, 0.15) is 0 Å². The third-order valence-corrected chi connectivity index (χ3v) is 4.15. The SMILES string of the molecule is CCOC(=O)Nc1cccc(NC(=O)Cc2c[nH]c3ccccc23)c1C. The maximum Gasteiger partial charge on any atom is 0.411 e. The second-order valence-electron chi connectivity index (χ2n) is 5.91. The first-order valence-electron chi connectivity index (χ1n) is 8.46. The molecule has 0 radical (unpaired) electrons. The molecule has 0 unspecified atom stereocenters. The summed E-state index contributed by atoms with van der Waals surface area (Å²) in [7, 11) is 0. The van der Waals surface area contributed by atoms with Crippen LogP contribution in [0.15, 0.2) is 48.7 Å². The van der Waals surface area contributed by atoms with E-state index in [2.05, 4.69) is 15.6 Å². The van der Waals surface area contributed by atoms with Crippen molar-refractivity contribution in [3.63, 3.8) is 0 Å². The van der Waals surface area contributed by atoms with Crippen molar-refractivity contribution in [3.05, 3.63) is 59.8 Å². The lowest BCUT2D eigenvalue weighted by Crippen LogP contribution is -2.17. The zero-order chi connectivity index (χ0) is 18.5. The van der Waals surface area contributed by atoms with Crippen LogP contribution in [0, 0.1) is 6.92 Å². The number of aromatic nitrogens is 1. The minimum absolute atomic E-state index is 0.119. The van der Waals surface area contributed by atoms with Gasteiger partial charge in [-0.15, -0.1) is 0 Å². The fourth-order valence-corrected chi connectivity index (χ4v) is 2.83. The number of H-pyrrole nitrogens is 1. The second kappa shape index (κ2) is 7.74. The first kappa shape index (κ1) is 17.5. The topological polar surface area (TPSA) is 83.2 Å². The summed E-state index contributed by atoms with van der Waals surface area (Å²) in [5, 5.41) is 6.63. The number of carbonyl (C=O) groups is 2. The number of aromatic amines is 1. The molecule has 3 rings (SSSR count). The number of amides is 2. The van der Waals surface area contributed by atoms with Gasteiger partial charge in [-0.1, -0.05) is 24.3 Å². The van der Waals surface area contributed by atoms with E-state index in [-0.39, 0.29) is 12.3 Å². The number of rotatable bonds is 5. The number of benzene rings is 2. The van der Waals surface area contributed by atoms with Crippen molar-refractivity contribution in [1.29, 1.82) is 0 Å². The summed E-state index contributed by atoms with van der Waals surface area (Å²) >= 11 is 0. The predicted octanol–water partition coefficient (Wildman–Crippen LogP) is 4.23. The van der Waals surface area contributed by atoms with Crippen LogP contribution in [0.5, 0.6) is 0 Å². The second-order valence-corrected chi connectivity index (χ2v) is 5.91. The predicted molar refractivity (Wildman–Crippen MR) is 102 cm³/mol. The molecular formula is C20H21N3O3. The molecule has 6 nitrogen and oxygen atoms in total. The van der Waals surface area contributed by atoms with Crippen molar-refractivity contribution in [2.24, 2.45) is 0 Å². The van der Waals surface area contributed by atoms with Crippen LogP contribution >= 0.6 is 0 Å². The molecule has 2 aromatic carbocycles. The number of fused-ring (bicyclic) bond motifs is 1. The maximum atomic E-state index is 12.5. The van der Waals surface area contributed by atoms with Gasteiger partial charge in [0.2, 0.25) is 5.91 Å². The zero-order valence-electron chi connectivity index (χ0n) is 14.8. The fourth-order valence-electron chi connectivity index (χ4n) is 2.83. The molecule has 0 spiro atoms. The van der Waals surface area contributed by atoms with Crippen LogP contribution in [0.1, 0.15) is 18.1 Å². The van der Waals surface area contributed by atoms with Crippen LogP contribution in [0.3, 0.4) is 0 Å². The van der Waals surface area contributed by atoms with Crippen molar-refractivity contribution < 1.29 is 14.3 Å². The number of hydrogen-bond donors (Lipinski definition) is 3. The van der Waals surface area contributed by atoms with E-state index in [4.69, 9.17) is 4.74 Å². The third kappa shape index (κ3) is 3.85. The van der Waals surface area contributed by atoms with Crippen molar-refractivity contribution in [2.45, 2.75) is 20.3 Å². The van der Waals surface area contributed by atoms with Gasteiger partial charge in [0, 0.05) is 28.5 Å². The molecule has 2 amide bonds. The first-order chi connectivity index (χ1) is 12.6. The standard InChI is InChI=1S/C20H21N3O3/c1-3-26-20(25)23-17-10-6-9-16(13(17)2)22-19(24)11-14-12-21-18-8-5-4-7-15(14)18/h4-10,12,21H,3,11H2,1-2H3,(H,22,24)(H,23,25). The van der Waals surface area contributed by atoms with Crippen molar-refractivity contribution in [1.82, 2.24) is 4.98 Å². The van der Waals surface area contributed by atoms with E-state index in [0.717, 1.165) is 22.0 Å². The monoisotopic (exact) mass is 351 g/mol. The third-order valence-electron chi connectivity index (χ3n) is 4.15. The summed E-state index contributed by atoms with van der Waals surface area (Å²) in [5.41, 5.74) is 3.98. The Balaban J connectivity index is 1.72. The van der Waals surface area contributed by atoms with E-state index in [1.54, 1.807) is 25.1 Å². The van der Waals surface area contributed by atoms with Gasteiger partial charge in [0.15, 0.2) is 0 Å². The molecule has 1 heterocycles. The van der Waals surface area contributed by atoms with E-state index in [0.29, 0.717) is 18.0 Å². The van der Waals surface area contributed by atoms with Gasteiger partial charge in [-0.3, -0.25) is 10.1 Å². The molecule has 0 atom stereocenters. The fraction of sp³-hybridized carbons (Fsp3) is 0.200. The summed E-state index contributed by atoms with van der Waals surface area (Å²) in [4.78, 5) is 27.3. The molecule has 0 fully saturated rings. The summed E-state index contributed by atoms with van der Waals surface area (Å²) in [6.07, 6.45) is 1.60. The Morgan fingerprint density at radius 3 is 2.54 bits per heavy atom. The van der Waals surface area contributed by atoms with E-state index in [1.807, 2.05) is 37.4 Å². The minimum atomic E-state index is -0.516. The Bertz CT molecular complexity index is 946. The summed E-state index contributed by atoms with van der Waals surface area (Å²) in [5.74, 6) is -0.119. The molecule has 0 saturated carbocycles. The number of anilines is 2. The highest BCUT2D eigenvalue weighted by Gasteiger charge is 2.12. The molecule has 0 aliphatic carbocycles. The van der Waals surface area contributed by atoms with Gasteiger partial charge in [-0.2, -0.15) is 0 Å². The molecule has 1 aromatic heterocycles. The molecule has 26 heavy (non-hydrogen) atoms. The Morgan fingerprint density at radius 1 is 1.04 bits per heavy atom. The van der Waals surface area contributed by atoms with Crippen molar-refractivity contribution in [3.8, 4) is 0 Å². The van der Waals surface area contributed by atoms with E-state index in [1.165, 1.54) is 0 Å². The molecule has 0 saturated heterocycles. The highest BCUT2D eigenvalue weighted by Crippen LogP contribution is 2.24. The van der Waals surface area contributed by atoms with Gasteiger partial charge >= 0.3 is 6.09 Å². The quantitative estimate of drug-likeness (QED) is 0.643. The van der Waals surface area contributed by atoms with Crippen LogP contribution in [0.2, 0.25) is 0 Å². The Hall–Kier alpha value is -3.28. The Kier molecular flexibility index (Phi) is 5.22. The molecule has 134 valence electrons. The van der Waals surface area contributed by atoms with E-state index in [9.17, 15) is 9.59 Å². The molecule has 6 heteroatoms.